The molecule has 0 amide bonds. The molecular weight excluding hydrogens is 236 g/mol. The predicted molar refractivity (Wildman–Crippen MR) is 77.7 cm³/mol. The van der Waals surface area contributed by atoms with E-state index >= 15 is 0 Å². The normalized spacial score (nSPS) is 27.0. The molecule has 1 aromatic rings. The molecule has 3 atom stereocenters. The summed E-state index contributed by atoms with van der Waals surface area (Å²) in [6.07, 6.45) is 4.32. The first-order chi connectivity index (χ1) is 9.10. The molecule has 2 rings (SSSR count). The smallest absolute Gasteiger partial charge is 0.162 e. The summed E-state index contributed by atoms with van der Waals surface area (Å²) in [6, 6.07) is 7.61. The fraction of sp³-hybridized carbons (Fsp3) is 0.588. The third kappa shape index (κ3) is 3.59. The topological polar surface area (TPSA) is 26.3 Å². The molecule has 2 heteroatoms. The quantitative estimate of drug-likeness (QED) is 0.746. The van der Waals surface area contributed by atoms with Crippen molar-refractivity contribution >= 4 is 5.78 Å². The van der Waals surface area contributed by atoms with Crippen molar-refractivity contribution in [1.29, 1.82) is 0 Å². The molecule has 0 saturated heterocycles. The van der Waals surface area contributed by atoms with Gasteiger partial charge in [-0.1, -0.05) is 32.9 Å². The van der Waals surface area contributed by atoms with Crippen LogP contribution >= 0.6 is 0 Å². The average molecular weight is 260 g/mol. The van der Waals surface area contributed by atoms with E-state index in [1.165, 1.54) is 6.42 Å². The van der Waals surface area contributed by atoms with Gasteiger partial charge in [0.25, 0.3) is 0 Å². The van der Waals surface area contributed by atoms with E-state index in [1.54, 1.807) is 0 Å². The maximum absolute atomic E-state index is 11.7. The molecular formula is C17H24O2. The second kappa shape index (κ2) is 6.23. The van der Waals surface area contributed by atoms with E-state index in [9.17, 15) is 4.79 Å². The van der Waals surface area contributed by atoms with Crippen molar-refractivity contribution in [3.8, 4) is 5.75 Å². The zero-order chi connectivity index (χ0) is 13.8. The molecule has 1 fully saturated rings. The van der Waals surface area contributed by atoms with Crippen LogP contribution in [0.25, 0.3) is 0 Å². The molecule has 1 saturated carbocycles. The van der Waals surface area contributed by atoms with E-state index in [1.807, 2.05) is 31.2 Å². The van der Waals surface area contributed by atoms with Gasteiger partial charge in [0.2, 0.25) is 0 Å². The second-order valence-corrected chi connectivity index (χ2v) is 5.81. The van der Waals surface area contributed by atoms with Gasteiger partial charge >= 0.3 is 0 Å². The lowest BCUT2D eigenvalue weighted by Gasteiger charge is -2.32. The van der Waals surface area contributed by atoms with Gasteiger partial charge in [0.15, 0.2) is 5.78 Å². The van der Waals surface area contributed by atoms with Gasteiger partial charge < -0.3 is 4.74 Å². The number of Topliss-reactive ketones (excluding diaryl/α,β-unsaturated/α-hetero) is 1. The van der Waals surface area contributed by atoms with Crippen molar-refractivity contribution in [2.45, 2.75) is 52.6 Å². The Hall–Kier alpha value is -1.31. The van der Waals surface area contributed by atoms with Crippen LogP contribution in [0.4, 0.5) is 0 Å². The van der Waals surface area contributed by atoms with E-state index in [-0.39, 0.29) is 5.78 Å². The first-order valence-electron chi connectivity index (χ1n) is 7.40. The molecule has 19 heavy (non-hydrogen) atoms. The van der Waals surface area contributed by atoms with Crippen LogP contribution in [-0.4, -0.2) is 11.9 Å². The minimum Gasteiger partial charge on any atom is -0.490 e. The molecule has 3 unspecified atom stereocenters. The minimum absolute atomic E-state index is 0.177. The Morgan fingerprint density at radius 3 is 2.74 bits per heavy atom. The molecule has 2 nitrogen and oxygen atoms in total. The third-order valence-corrected chi connectivity index (χ3v) is 4.33. The number of rotatable bonds is 4. The highest BCUT2D eigenvalue weighted by Gasteiger charge is 2.25. The Morgan fingerprint density at radius 1 is 1.26 bits per heavy atom. The lowest BCUT2D eigenvalue weighted by Crippen LogP contribution is -2.28. The van der Waals surface area contributed by atoms with Crippen LogP contribution in [0, 0.1) is 11.8 Å². The number of carbonyl (C=O) groups is 1. The monoisotopic (exact) mass is 260 g/mol. The fourth-order valence-corrected chi connectivity index (χ4v) is 2.74. The molecule has 0 radical (unpaired) electrons. The average Bonchev–Trinajstić information content (AvgIpc) is 2.42. The Labute approximate surface area is 116 Å². The molecule has 1 aliphatic carbocycles. The molecule has 0 aromatic heterocycles. The highest BCUT2D eigenvalue weighted by Crippen LogP contribution is 2.32. The molecule has 0 aliphatic heterocycles. The number of carbonyl (C=O) groups excluding carboxylic acids is 1. The van der Waals surface area contributed by atoms with Gasteiger partial charge in [-0.15, -0.1) is 0 Å². The Morgan fingerprint density at radius 2 is 2.05 bits per heavy atom. The molecule has 1 aliphatic rings. The first-order valence-corrected chi connectivity index (χ1v) is 7.40. The van der Waals surface area contributed by atoms with E-state index in [0.717, 1.165) is 36.0 Å². The lowest BCUT2D eigenvalue weighted by atomic mass is 9.80. The summed E-state index contributed by atoms with van der Waals surface area (Å²) >= 11 is 0. The SMILES string of the molecule is CCC(=O)c1cccc(OC2CCC(C)C(C)C2)c1. The summed E-state index contributed by atoms with van der Waals surface area (Å²) in [6.45, 7) is 6.51. The zero-order valence-electron chi connectivity index (χ0n) is 12.2. The number of benzene rings is 1. The summed E-state index contributed by atoms with van der Waals surface area (Å²) in [5, 5.41) is 0. The highest BCUT2D eigenvalue weighted by molar-refractivity contribution is 5.96. The van der Waals surface area contributed by atoms with E-state index in [4.69, 9.17) is 4.74 Å². The van der Waals surface area contributed by atoms with Crippen LogP contribution in [0.2, 0.25) is 0 Å². The van der Waals surface area contributed by atoms with Crippen LogP contribution < -0.4 is 4.74 Å². The first kappa shape index (κ1) is 14.1. The van der Waals surface area contributed by atoms with E-state index in [0.29, 0.717) is 12.5 Å². The molecule has 0 spiro atoms. The minimum atomic E-state index is 0.177. The van der Waals surface area contributed by atoms with Crippen LogP contribution in [0.5, 0.6) is 5.75 Å². The number of hydrogen-bond acceptors (Lipinski definition) is 2. The summed E-state index contributed by atoms with van der Waals surface area (Å²) in [7, 11) is 0. The number of ketones is 1. The van der Waals surface area contributed by atoms with E-state index in [2.05, 4.69) is 13.8 Å². The molecule has 0 heterocycles. The second-order valence-electron chi connectivity index (χ2n) is 5.81. The van der Waals surface area contributed by atoms with Gasteiger partial charge in [0, 0.05) is 12.0 Å². The van der Waals surface area contributed by atoms with Crippen molar-refractivity contribution in [3.63, 3.8) is 0 Å². The van der Waals surface area contributed by atoms with Crippen LogP contribution in [0.1, 0.15) is 56.8 Å². The van der Waals surface area contributed by atoms with Gasteiger partial charge in [-0.05, 0) is 43.2 Å². The van der Waals surface area contributed by atoms with Crippen molar-refractivity contribution in [1.82, 2.24) is 0 Å². The van der Waals surface area contributed by atoms with Gasteiger partial charge in [-0.25, -0.2) is 0 Å². The maximum Gasteiger partial charge on any atom is 0.162 e. The number of ether oxygens (including phenoxy) is 1. The maximum atomic E-state index is 11.7. The highest BCUT2D eigenvalue weighted by atomic mass is 16.5. The Balaban J connectivity index is 2.01. The summed E-state index contributed by atoms with van der Waals surface area (Å²) in [5.41, 5.74) is 0.761. The van der Waals surface area contributed by atoms with Gasteiger partial charge in [-0.3, -0.25) is 4.79 Å². The van der Waals surface area contributed by atoms with Crippen LogP contribution in [-0.2, 0) is 0 Å². The molecule has 1 aromatic carbocycles. The largest absolute Gasteiger partial charge is 0.490 e. The Kier molecular flexibility index (Phi) is 4.62. The van der Waals surface area contributed by atoms with E-state index < -0.39 is 0 Å². The predicted octanol–water partition coefficient (Wildman–Crippen LogP) is 4.48. The van der Waals surface area contributed by atoms with Gasteiger partial charge in [-0.2, -0.15) is 0 Å². The fourth-order valence-electron chi connectivity index (χ4n) is 2.74. The third-order valence-electron chi connectivity index (χ3n) is 4.33. The zero-order valence-corrected chi connectivity index (χ0v) is 12.2. The molecule has 104 valence electrons. The van der Waals surface area contributed by atoms with Crippen LogP contribution in [0.15, 0.2) is 24.3 Å². The van der Waals surface area contributed by atoms with Gasteiger partial charge in [0.1, 0.15) is 5.75 Å². The van der Waals surface area contributed by atoms with Crippen molar-refractivity contribution in [3.05, 3.63) is 29.8 Å². The standard InChI is InChI=1S/C17H24O2/c1-4-17(18)14-6-5-7-15(11-14)19-16-9-8-12(2)13(3)10-16/h5-7,11-13,16H,4,8-10H2,1-3H3. The van der Waals surface area contributed by atoms with Crippen LogP contribution in [0.3, 0.4) is 0 Å². The van der Waals surface area contributed by atoms with Crippen molar-refractivity contribution in [2.24, 2.45) is 11.8 Å². The number of hydrogen-bond donors (Lipinski definition) is 0. The van der Waals surface area contributed by atoms with Crippen molar-refractivity contribution < 1.29 is 9.53 Å². The summed E-state index contributed by atoms with van der Waals surface area (Å²) in [5.74, 6) is 2.54. The Bertz CT molecular complexity index is 439. The van der Waals surface area contributed by atoms with Gasteiger partial charge in [0.05, 0.1) is 6.10 Å². The molecule has 0 bridgehead atoms. The molecule has 0 N–H and O–H groups in total. The lowest BCUT2D eigenvalue weighted by molar-refractivity contribution is 0.0971. The van der Waals surface area contributed by atoms with Crippen molar-refractivity contribution in [2.75, 3.05) is 0 Å². The summed E-state index contributed by atoms with van der Waals surface area (Å²) in [4.78, 5) is 11.7. The summed E-state index contributed by atoms with van der Waals surface area (Å²) < 4.78 is 6.06.